The molecule has 1 aliphatic carbocycles. The molecule has 290 valence electrons. The fraction of sp³-hybridized carbons (Fsp3) is 0.300. The minimum Gasteiger partial charge on any atom is -0.510 e. The molecule has 4 heterocycles. The zero-order valence-corrected chi connectivity index (χ0v) is 35.5. The van der Waals surface area contributed by atoms with Gasteiger partial charge in [0.2, 0.25) is 0 Å². The predicted octanol–water partition coefficient (Wildman–Crippen LogP) is 12.4. The predicted molar refractivity (Wildman–Crippen MR) is 224 cm³/mol. The van der Waals surface area contributed by atoms with Crippen molar-refractivity contribution in [2.24, 2.45) is 10.9 Å². The number of para-hydroxylation sites is 1. The number of pyridine rings is 2. The van der Waals surface area contributed by atoms with Gasteiger partial charge in [0.15, 0.2) is 0 Å². The Balaban J connectivity index is 0.00000455. The fourth-order valence-corrected chi connectivity index (χ4v) is 8.72. The van der Waals surface area contributed by atoms with E-state index in [4.69, 9.17) is 24.4 Å². The first-order chi connectivity index (χ1) is 27.1. The third-order valence-electron chi connectivity index (χ3n) is 11.8. The summed E-state index contributed by atoms with van der Waals surface area (Å²) in [6.45, 7) is 11.2. The van der Waals surface area contributed by atoms with E-state index in [0.717, 1.165) is 45.1 Å². The zero-order valence-electron chi connectivity index (χ0n) is 33.2. The van der Waals surface area contributed by atoms with Gasteiger partial charge >= 0.3 is 21.1 Å². The van der Waals surface area contributed by atoms with Crippen molar-refractivity contribution in [2.45, 2.75) is 89.7 Å². The molecule has 2 aromatic heterocycles. The van der Waals surface area contributed by atoms with Crippen LogP contribution < -0.4 is 9.64 Å². The van der Waals surface area contributed by atoms with E-state index in [-0.39, 0.29) is 44.0 Å². The van der Waals surface area contributed by atoms with E-state index in [1.807, 2.05) is 42.7 Å². The molecule has 9 rings (SSSR count). The van der Waals surface area contributed by atoms with Gasteiger partial charge in [-0.3, -0.25) is 9.98 Å². The second-order valence-electron chi connectivity index (χ2n) is 17.0. The van der Waals surface area contributed by atoms with E-state index in [2.05, 4.69) is 131 Å². The number of fused-ring (bicyclic) bond motifs is 2. The van der Waals surface area contributed by atoms with Crippen LogP contribution in [0.1, 0.15) is 101 Å². The van der Waals surface area contributed by atoms with Crippen molar-refractivity contribution < 1.29 is 30.5 Å². The molecule has 2 atom stereocenters. The topological polar surface area (TPSA) is 59.8 Å². The second kappa shape index (κ2) is 15.7. The van der Waals surface area contributed by atoms with Gasteiger partial charge in [-0.1, -0.05) is 137 Å². The van der Waals surface area contributed by atoms with Crippen LogP contribution in [0.15, 0.2) is 127 Å². The quantitative estimate of drug-likeness (QED) is 0.149. The zero-order chi connectivity index (χ0) is 38.4. The normalized spacial score (nSPS) is 18.8. The molecule has 0 amide bonds. The maximum absolute atomic E-state index is 6.84. The number of anilines is 3. The van der Waals surface area contributed by atoms with Crippen LogP contribution in [0.5, 0.6) is 11.5 Å². The maximum Gasteiger partial charge on any atom is 2.00 e. The fourth-order valence-electron chi connectivity index (χ4n) is 8.72. The number of aromatic nitrogens is 2. The van der Waals surface area contributed by atoms with Gasteiger partial charge in [-0.05, 0) is 76.6 Å². The van der Waals surface area contributed by atoms with Crippen molar-refractivity contribution in [2.75, 3.05) is 4.90 Å². The van der Waals surface area contributed by atoms with Crippen LogP contribution in [0.3, 0.4) is 0 Å². The standard InChI is InChI=1S/C50H48N4O2.Pt/c1-49(2,3)37-25-27-52-45(31-37)54-43-22-13-12-20-40(43)50(4,5)41-24-23-38(32-44(41)54)55-39-29-35(42-21-14-15-26-51-42)28-36(30-39)48-53-46(33-16-8-6-9-17-33)47(56-48)34-18-10-7-11-19-34;/h7,10-15,18-29,31,33,46-47H,6,8-9,16-17H2,1-5H3;/q-2;+2/t46-,47-;/m1./s1. The SMILES string of the molecule is CC(C)(C)c1ccnc(N2c3[c-]c(Oc4[c-]c(C5=N[C@H](C6CCCCC6)[C@@H](c6ccccc6)O5)cc(-c5ccccn5)c4)ccc3C(C)(C)c3ccccc32)c1.[Pt+2]. The molecule has 0 bridgehead atoms. The molecule has 6 nitrogen and oxygen atoms in total. The Hall–Kier alpha value is -5.06. The number of hydrogen-bond donors (Lipinski definition) is 0. The number of ether oxygens (including phenoxy) is 2. The maximum atomic E-state index is 6.84. The van der Waals surface area contributed by atoms with Crippen LogP contribution in [0.2, 0.25) is 0 Å². The van der Waals surface area contributed by atoms with Crippen LogP contribution in [-0.2, 0) is 36.6 Å². The van der Waals surface area contributed by atoms with Crippen LogP contribution >= 0.6 is 0 Å². The van der Waals surface area contributed by atoms with Gasteiger partial charge in [0, 0.05) is 29.6 Å². The molecule has 0 saturated heterocycles. The first-order valence-electron chi connectivity index (χ1n) is 20.0. The van der Waals surface area contributed by atoms with Crippen molar-refractivity contribution in [3.8, 4) is 22.8 Å². The van der Waals surface area contributed by atoms with Crippen molar-refractivity contribution >= 4 is 23.1 Å². The van der Waals surface area contributed by atoms with E-state index in [1.54, 1.807) is 0 Å². The molecule has 3 aliphatic rings. The van der Waals surface area contributed by atoms with Crippen LogP contribution in [0.25, 0.3) is 11.3 Å². The van der Waals surface area contributed by atoms with Crippen molar-refractivity contribution in [3.05, 3.63) is 162 Å². The van der Waals surface area contributed by atoms with Gasteiger partial charge in [-0.15, -0.1) is 23.8 Å². The van der Waals surface area contributed by atoms with Crippen molar-refractivity contribution in [3.63, 3.8) is 0 Å². The Kier molecular flexibility index (Phi) is 10.7. The molecule has 0 spiro atoms. The van der Waals surface area contributed by atoms with Gasteiger partial charge in [0.05, 0.1) is 11.7 Å². The number of hydrogen-bond acceptors (Lipinski definition) is 6. The summed E-state index contributed by atoms with van der Waals surface area (Å²) in [5, 5.41) is 0. The van der Waals surface area contributed by atoms with Crippen LogP contribution in [0, 0.1) is 18.1 Å². The third-order valence-corrected chi connectivity index (χ3v) is 11.8. The molecule has 57 heavy (non-hydrogen) atoms. The molecule has 7 heteroatoms. The van der Waals surface area contributed by atoms with Crippen molar-refractivity contribution in [1.82, 2.24) is 9.97 Å². The monoisotopic (exact) mass is 931 g/mol. The molecule has 1 saturated carbocycles. The Bertz CT molecular complexity index is 2400. The summed E-state index contributed by atoms with van der Waals surface area (Å²) in [6.07, 6.45) is 9.68. The summed E-state index contributed by atoms with van der Waals surface area (Å²) in [7, 11) is 0. The van der Waals surface area contributed by atoms with E-state index >= 15 is 0 Å². The summed E-state index contributed by atoms with van der Waals surface area (Å²) in [5.74, 6) is 3.03. The average molecular weight is 932 g/mol. The number of aliphatic imine (C=N–C) groups is 1. The molecular formula is C50H48N4O2Pt. The Morgan fingerprint density at radius 3 is 2.30 bits per heavy atom. The number of nitrogens with zero attached hydrogens (tertiary/aromatic N) is 4. The first-order valence-corrected chi connectivity index (χ1v) is 20.0. The van der Waals surface area contributed by atoms with Gasteiger partial charge < -0.3 is 14.4 Å². The average Bonchev–Trinajstić information content (AvgIpc) is 3.68. The van der Waals surface area contributed by atoms with E-state index in [9.17, 15) is 0 Å². The minimum absolute atomic E-state index is 0. The Morgan fingerprint density at radius 2 is 1.53 bits per heavy atom. The summed E-state index contributed by atoms with van der Waals surface area (Å²) >= 11 is 0. The molecule has 0 unspecified atom stereocenters. The Labute approximate surface area is 351 Å². The van der Waals surface area contributed by atoms with Gasteiger partial charge in [0.25, 0.3) is 0 Å². The summed E-state index contributed by atoms with van der Waals surface area (Å²) in [6, 6.07) is 45.0. The molecule has 6 aromatic rings. The van der Waals surface area contributed by atoms with Gasteiger partial charge in [-0.2, -0.15) is 6.07 Å². The molecular weight excluding hydrogens is 884 g/mol. The molecule has 4 aromatic carbocycles. The summed E-state index contributed by atoms with van der Waals surface area (Å²) in [4.78, 5) is 17.2. The number of rotatable bonds is 7. The molecule has 1 fully saturated rings. The van der Waals surface area contributed by atoms with Gasteiger partial charge in [0.1, 0.15) is 17.8 Å². The molecule has 2 aliphatic heterocycles. The third kappa shape index (κ3) is 7.57. The van der Waals surface area contributed by atoms with Crippen molar-refractivity contribution in [1.29, 1.82) is 0 Å². The summed E-state index contributed by atoms with van der Waals surface area (Å²) < 4.78 is 13.6. The molecule has 0 N–H and O–H groups in total. The largest absolute Gasteiger partial charge is 2.00 e. The summed E-state index contributed by atoms with van der Waals surface area (Å²) in [5.41, 5.74) is 8.90. The minimum atomic E-state index is -0.278. The van der Waals surface area contributed by atoms with Gasteiger partial charge in [-0.25, -0.2) is 4.98 Å². The van der Waals surface area contributed by atoms with Crippen LogP contribution in [-0.4, -0.2) is 21.9 Å². The number of benzene rings is 4. The molecule has 0 radical (unpaired) electrons. The van der Waals surface area contributed by atoms with Crippen LogP contribution in [0.4, 0.5) is 17.2 Å². The van der Waals surface area contributed by atoms with E-state index < -0.39 is 0 Å². The Morgan fingerprint density at radius 1 is 0.754 bits per heavy atom. The smallest absolute Gasteiger partial charge is 0.510 e. The van der Waals surface area contributed by atoms with E-state index in [0.29, 0.717) is 23.3 Å². The second-order valence-corrected chi connectivity index (χ2v) is 17.0. The first kappa shape index (κ1) is 38.8. The van der Waals surface area contributed by atoms with E-state index in [1.165, 1.54) is 43.2 Å².